The van der Waals surface area contributed by atoms with E-state index < -0.39 is 5.54 Å². The fourth-order valence-electron chi connectivity index (χ4n) is 1.85. The molecule has 0 bridgehead atoms. The lowest BCUT2D eigenvalue weighted by molar-refractivity contribution is -0.134. The van der Waals surface area contributed by atoms with E-state index >= 15 is 0 Å². The highest BCUT2D eigenvalue weighted by molar-refractivity contribution is 9.10. The summed E-state index contributed by atoms with van der Waals surface area (Å²) in [6, 6.07) is 7.36. The number of hydrogen-bond donors (Lipinski definition) is 1. The van der Waals surface area contributed by atoms with E-state index in [-0.39, 0.29) is 18.4 Å². The Labute approximate surface area is 108 Å². The lowest BCUT2D eigenvalue weighted by Gasteiger charge is -2.37. The van der Waals surface area contributed by atoms with Crippen LogP contribution in [-0.4, -0.2) is 23.9 Å². The predicted octanol–water partition coefficient (Wildman–Crippen LogP) is 1.69. The summed E-state index contributed by atoms with van der Waals surface area (Å²) in [5.41, 5.74) is -0.121. The van der Waals surface area contributed by atoms with Gasteiger partial charge in [-0.1, -0.05) is 22.0 Å². The van der Waals surface area contributed by atoms with Crippen LogP contribution < -0.4 is 10.2 Å². The summed E-state index contributed by atoms with van der Waals surface area (Å²) < 4.78 is 0.881. The van der Waals surface area contributed by atoms with Crippen molar-refractivity contribution in [1.29, 1.82) is 0 Å². The SMILES string of the molecule is CC1(C)NC(=O)CN(c2cccc(Br)c2)C1=O. The minimum Gasteiger partial charge on any atom is -0.341 e. The second-order valence-electron chi connectivity index (χ2n) is 4.54. The van der Waals surface area contributed by atoms with Crippen molar-refractivity contribution in [2.75, 3.05) is 11.4 Å². The van der Waals surface area contributed by atoms with Crippen LogP contribution in [0.15, 0.2) is 28.7 Å². The Kier molecular flexibility index (Phi) is 2.95. The van der Waals surface area contributed by atoms with Crippen LogP contribution in [0.4, 0.5) is 5.69 Å². The van der Waals surface area contributed by atoms with Crippen LogP contribution in [0, 0.1) is 0 Å². The smallest absolute Gasteiger partial charge is 0.252 e. The summed E-state index contributed by atoms with van der Waals surface area (Å²) in [6.07, 6.45) is 0. The quantitative estimate of drug-likeness (QED) is 0.857. The Morgan fingerprint density at radius 2 is 2.06 bits per heavy atom. The zero-order valence-corrected chi connectivity index (χ0v) is 11.2. The van der Waals surface area contributed by atoms with Gasteiger partial charge in [0, 0.05) is 10.2 Å². The summed E-state index contributed by atoms with van der Waals surface area (Å²) in [5, 5.41) is 2.68. The van der Waals surface area contributed by atoms with Crippen molar-refractivity contribution in [3.63, 3.8) is 0 Å². The zero-order chi connectivity index (χ0) is 12.6. The molecule has 0 aliphatic carbocycles. The highest BCUT2D eigenvalue weighted by Crippen LogP contribution is 2.24. The van der Waals surface area contributed by atoms with E-state index in [0.29, 0.717) is 0 Å². The molecule has 0 saturated carbocycles. The number of carbonyl (C=O) groups excluding carboxylic acids is 2. The van der Waals surface area contributed by atoms with Crippen LogP contribution in [-0.2, 0) is 9.59 Å². The average Bonchev–Trinajstić information content (AvgIpc) is 2.22. The molecule has 0 unspecified atom stereocenters. The van der Waals surface area contributed by atoms with Crippen molar-refractivity contribution in [3.8, 4) is 0 Å². The van der Waals surface area contributed by atoms with Gasteiger partial charge in [0.2, 0.25) is 5.91 Å². The van der Waals surface area contributed by atoms with Gasteiger partial charge in [0.05, 0.1) is 0 Å². The number of amides is 2. The Balaban J connectivity index is 2.38. The fraction of sp³-hybridized carbons (Fsp3) is 0.333. The molecule has 0 aromatic heterocycles. The first-order valence-corrected chi connectivity index (χ1v) is 6.08. The third kappa shape index (κ3) is 2.34. The second-order valence-corrected chi connectivity index (χ2v) is 5.46. The van der Waals surface area contributed by atoms with E-state index in [1.807, 2.05) is 24.3 Å². The summed E-state index contributed by atoms with van der Waals surface area (Å²) in [7, 11) is 0. The summed E-state index contributed by atoms with van der Waals surface area (Å²) in [4.78, 5) is 25.3. The van der Waals surface area contributed by atoms with Gasteiger partial charge in [-0.15, -0.1) is 0 Å². The number of nitrogens with zero attached hydrogens (tertiary/aromatic N) is 1. The second kappa shape index (κ2) is 4.14. The van der Waals surface area contributed by atoms with E-state index in [9.17, 15) is 9.59 Å². The summed E-state index contributed by atoms with van der Waals surface area (Å²) in [6.45, 7) is 3.48. The summed E-state index contributed by atoms with van der Waals surface area (Å²) in [5.74, 6) is -0.246. The van der Waals surface area contributed by atoms with Gasteiger partial charge >= 0.3 is 0 Å². The van der Waals surface area contributed by atoms with Crippen molar-refractivity contribution in [1.82, 2.24) is 5.32 Å². The van der Waals surface area contributed by atoms with Crippen LogP contribution in [0.5, 0.6) is 0 Å². The lowest BCUT2D eigenvalue weighted by Crippen LogP contribution is -2.64. The van der Waals surface area contributed by atoms with Crippen molar-refractivity contribution in [3.05, 3.63) is 28.7 Å². The number of hydrogen-bond acceptors (Lipinski definition) is 2. The number of anilines is 1. The molecule has 0 radical (unpaired) electrons. The van der Waals surface area contributed by atoms with Crippen LogP contribution in [0.25, 0.3) is 0 Å². The molecule has 1 fully saturated rings. The molecule has 17 heavy (non-hydrogen) atoms. The third-order valence-corrected chi connectivity index (χ3v) is 3.15. The topological polar surface area (TPSA) is 49.4 Å². The molecule has 5 heteroatoms. The van der Waals surface area contributed by atoms with Crippen LogP contribution in [0.1, 0.15) is 13.8 Å². The standard InChI is InChI=1S/C12H13BrN2O2/c1-12(2)11(17)15(7-10(16)14-12)9-5-3-4-8(13)6-9/h3-6H,7H2,1-2H3,(H,14,16). The first kappa shape index (κ1) is 12.1. The zero-order valence-electron chi connectivity index (χ0n) is 9.66. The number of piperazine rings is 1. The van der Waals surface area contributed by atoms with Gasteiger partial charge in [0.15, 0.2) is 0 Å². The maximum Gasteiger partial charge on any atom is 0.252 e. The van der Waals surface area contributed by atoms with Crippen molar-refractivity contribution in [2.24, 2.45) is 0 Å². The van der Waals surface area contributed by atoms with Crippen LogP contribution >= 0.6 is 15.9 Å². The van der Waals surface area contributed by atoms with Crippen LogP contribution in [0.3, 0.4) is 0 Å². The van der Waals surface area contributed by atoms with E-state index in [1.165, 1.54) is 4.90 Å². The maximum atomic E-state index is 12.2. The molecule has 1 saturated heterocycles. The van der Waals surface area contributed by atoms with E-state index in [0.717, 1.165) is 10.2 Å². The molecule has 1 aliphatic rings. The average molecular weight is 297 g/mol. The number of rotatable bonds is 1. The van der Waals surface area contributed by atoms with Gasteiger partial charge in [-0.05, 0) is 32.0 Å². The normalized spacial score (nSPS) is 19.1. The van der Waals surface area contributed by atoms with Crippen molar-refractivity contribution >= 4 is 33.4 Å². The Morgan fingerprint density at radius 3 is 2.71 bits per heavy atom. The fourth-order valence-corrected chi connectivity index (χ4v) is 2.23. The molecule has 0 spiro atoms. The molecule has 1 aromatic carbocycles. The first-order valence-electron chi connectivity index (χ1n) is 5.29. The Morgan fingerprint density at radius 1 is 1.35 bits per heavy atom. The molecule has 1 aliphatic heterocycles. The Bertz CT molecular complexity index is 485. The highest BCUT2D eigenvalue weighted by atomic mass is 79.9. The molecule has 1 heterocycles. The van der Waals surface area contributed by atoms with Crippen LogP contribution in [0.2, 0.25) is 0 Å². The largest absolute Gasteiger partial charge is 0.341 e. The van der Waals surface area contributed by atoms with E-state index in [4.69, 9.17) is 0 Å². The predicted molar refractivity (Wildman–Crippen MR) is 68.7 cm³/mol. The molecular formula is C12H13BrN2O2. The molecule has 4 nitrogen and oxygen atoms in total. The molecular weight excluding hydrogens is 284 g/mol. The number of nitrogens with one attached hydrogen (secondary N) is 1. The molecule has 2 rings (SSSR count). The number of benzene rings is 1. The minimum atomic E-state index is -0.850. The van der Waals surface area contributed by atoms with Gasteiger partial charge in [-0.2, -0.15) is 0 Å². The highest BCUT2D eigenvalue weighted by Gasteiger charge is 2.39. The van der Waals surface area contributed by atoms with E-state index in [1.54, 1.807) is 13.8 Å². The number of halogens is 1. The lowest BCUT2D eigenvalue weighted by atomic mass is 10.00. The van der Waals surface area contributed by atoms with Gasteiger partial charge in [0.1, 0.15) is 12.1 Å². The monoisotopic (exact) mass is 296 g/mol. The van der Waals surface area contributed by atoms with Gasteiger partial charge < -0.3 is 10.2 Å². The maximum absolute atomic E-state index is 12.2. The molecule has 1 aromatic rings. The first-order chi connectivity index (χ1) is 7.90. The van der Waals surface area contributed by atoms with Crippen molar-refractivity contribution < 1.29 is 9.59 Å². The molecule has 2 amide bonds. The molecule has 90 valence electrons. The minimum absolute atomic E-state index is 0.0682. The summed E-state index contributed by atoms with van der Waals surface area (Å²) >= 11 is 3.35. The third-order valence-electron chi connectivity index (χ3n) is 2.65. The van der Waals surface area contributed by atoms with Gasteiger partial charge in [0.25, 0.3) is 5.91 Å². The van der Waals surface area contributed by atoms with Crippen molar-refractivity contribution in [2.45, 2.75) is 19.4 Å². The molecule has 1 N–H and O–H groups in total. The Hall–Kier alpha value is -1.36. The number of carbonyl (C=O) groups is 2. The molecule has 0 atom stereocenters. The van der Waals surface area contributed by atoms with E-state index in [2.05, 4.69) is 21.2 Å². The van der Waals surface area contributed by atoms with Gasteiger partial charge in [-0.3, -0.25) is 9.59 Å². The van der Waals surface area contributed by atoms with Gasteiger partial charge in [-0.25, -0.2) is 0 Å².